The molecule has 2 amide bonds. The number of carbonyl (C=O) groups is 3. The van der Waals surface area contributed by atoms with Crippen LogP contribution < -0.4 is 10.6 Å². The third-order valence-corrected chi connectivity index (χ3v) is 2.98. The monoisotopic (exact) mass is 306 g/mol. The van der Waals surface area contributed by atoms with Crippen LogP contribution in [-0.2, 0) is 9.59 Å². The third kappa shape index (κ3) is 5.95. The maximum absolute atomic E-state index is 11.9. The van der Waals surface area contributed by atoms with Gasteiger partial charge in [0.05, 0.1) is 6.42 Å². The summed E-state index contributed by atoms with van der Waals surface area (Å²) in [6, 6.07) is 4.95. The zero-order chi connectivity index (χ0) is 16.7. The Hall–Kier alpha value is -2.37. The molecule has 0 aromatic heterocycles. The smallest absolute Gasteiger partial charge is 0.305 e. The van der Waals surface area contributed by atoms with Crippen molar-refractivity contribution >= 4 is 23.5 Å². The first-order chi connectivity index (χ1) is 10.3. The van der Waals surface area contributed by atoms with Crippen molar-refractivity contribution in [3.05, 3.63) is 29.3 Å². The van der Waals surface area contributed by atoms with E-state index in [0.717, 1.165) is 5.56 Å². The van der Waals surface area contributed by atoms with E-state index in [1.54, 1.807) is 25.1 Å². The molecule has 120 valence electrons. The number of anilines is 1. The van der Waals surface area contributed by atoms with Gasteiger partial charge < -0.3 is 15.7 Å². The lowest BCUT2D eigenvalue weighted by Crippen LogP contribution is -2.26. The van der Waals surface area contributed by atoms with Gasteiger partial charge in [0.15, 0.2) is 0 Å². The van der Waals surface area contributed by atoms with Gasteiger partial charge in [-0.2, -0.15) is 0 Å². The van der Waals surface area contributed by atoms with Gasteiger partial charge in [0.2, 0.25) is 5.91 Å². The van der Waals surface area contributed by atoms with Gasteiger partial charge in [0, 0.05) is 24.2 Å². The number of hydrogen-bond donors (Lipinski definition) is 3. The Bertz CT molecular complexity index is 567. The molecule has 22 heavy (non-hydrogen) atoms. The minimum Gasteiger partial charge on any atom is -0.481 e. The predicted molar refractivity (Wildman–Crippen MR) is 83.8 cm³/mol. The molecular formula is C16H22N2O4. The number of benzene rings is 1. The second-order valence-corrected chi connectivity index (χ2v) is 5.58. The highest BCUT2D eigenvalue weighted by atomic mass is 16.4. The van der Waals surface area contributed by atoms with Crippen LogP contribution >= 0.6 is 0 Å². The Labute approximate surface area is 129 Å². The summed E-state index contributed by atoms with van der Waals surface area (Å²) in [7, 11) is 0. The average Bonchev–Trinajstić information content (AvgIpc) is 2.39. The maximum atomic E-state index is 11.9. The predicted octanol–water partition coefficient (Wildman–Crippen LogP) is 2.18. The number of nitrogens with one attached hydrogen (secondary N) is 2. The molecule has 1 aromatic rings. The fourth-order valence-corrected chi connectivity index (χ4v) is 1.90. The molecule has 0 radical (unpaired) electrons. The zero-order valence-electron chi connectivity index (χ0n) is 13.1. The molecule has 6 nitrogen and oxygen atoms in total. The van der Waals surface area contributed by atoms with Crippen molar-refractivity contribution < 1.29 is 19.5 Å². The topological polar surface area (TPSA) is 95.5 Å². The van der Waals surface area contributed by atoms with Crippen LogP contribution in [0.4, 0.5) is 5.69 Å². The van der Waals surface area contributed by atoms with Crippen LogP contribution in [0.5, 0.6) is 0 Å². The van der Waals surface area contributed by atoms with E-state index < -0.39 is 5.97 Å². The Balaban J connectivity index is 2.66. The summed E-state index contributed by atoms with van der Waals surface area (Å²) in [4.78, 5) is 34.0. The molecule has 0 fully saturated rings. The molecule has 0 bridgehead atoms. The van der Waals surface area contributed by atoms with Crippen molar-refractivity contribution in [1.29, 1.82) is 0 Å². The van der Waals surface area contributed by atoms with E-state index in [1.165, 1.54) is 0 Å². The summed E-state index contributed by atoms with van der Waals surface area (Å²) in [5.41, 5.74) is 1.89. The third-order valence-electron chi connectivity index (χ3n) is 2.98. The molecule has 1 rings (SSSR count). The second kappa shape index (κ2) is 8.17. The molecule has 1 aromatic carbocycles. The van der Waals surface area contributed by atoms with Crippen molar-refractivity contribution in [2.75, 3.05) is 11.9 Å². The summed E-state index contributed by atoms with van der Waals surface area (Å²) in [6.07, 6.45) is 0.324. The highest BCUT2D eigenvalue weighted by Crippen LogP contribution is 2.17. The first kappa shape index (κ1) is 17.7. The molecule has 0 spiro atoms. The molecule has 6 heteroatoms. The summed E-state index contributed by atoms with van der Waals surface area (Å²) in [5, 5.41) is 13.9. The van der Waals surface area contributed by atoms with Crippen LogP contribution in [0.1, 0.15) is 42.6 Å². The fourth-order valence-electron chi connectivity index (χ4n) is 1.90. The lowest BCUT2D eigenvalue weighted by atomic mass is 10.1. The van der Waals surface area contributed by atoms with E-state index in [4.69, 9.17) is 5.11 Å². The van der Waals surface area contributed by atoms with Gasteiger partial charge in [-0.3, -0.25) is 14.4 Å². The van der Waals surface area contributed by atoms with E-state index in [9.17, 15) is 14.4 Å². The molecule has 0 aliphatic carbocycles. The Morgan fingerprint density at radius 2 is 1.91 bits per heavy atom. The van der Waals surface area contributed by atoms with Crippen molar-refractivity contribution in [3.63, 3.8) is 0 Å². The number of aryl methyl sites for hydroxylation is 1. The minimum atomic E-state index is -0.959. The van der Waals surface area contributed by atoms with Gasteiger partial charge in [0.25, 0.3) is 5.91 Å². The average molecular weight is 306 g/mol. The number of carbonyl (C=O) groups excluding carboxylic acids is 2. The highest BCUT2D eigenvalue weighted by Gasteiger charge is 2.10. The summed E-state index contributed by atoms with van der Waals surface area (Å²) in [6.45, 7) is 5.83. The molecule has 0 aliphatic heterocycles. The van der Waals surface area contributed by atoms with Crippen LogP contribution in [0.15, 0.2) is 18.2 Å². The molecule has 0 atom stereocenters. The number of hydrogen-bond acceptors (Lipinski definition) is 3. The van der Waals surface area contributed by atoms with E-state index in [0.29, 0.717) is 17.7 Å². The molecule has 3 N–H and O–H groups in total. The number of carboxylic acids is 1. The van der Waals surface area contributed by atoms with Crippen molar-refractivity contribution in [3.8, 4) is 0 Å². The largest absolute Gasteiger partial charge is 0.481 e. The van der Waals surface area contributed by atoms with E-state index in [1.807, 2.05) is 13.8 Å². The second-order valence-electron chi connectivity index (χ2n) is 5.58. The SMILES string of the molecule is Cc1cc(C(=O)NCCC(=O)O)ccc1NC(=O)CC(C)C. The molecule has 0 saturated carbocycles. The molecule has 0 saturated heterocycles. The minimum absolute atomic E-state index is 0.0586. The number of aliphatic carboxylic acids is 1. The van der Waals surface area contributed by atoms with Crippen LogP contribution in [-0.4, -0.2) is 29.4 Å². The Morgan fingerprint density at radius 3 is 2.45 bits per heavy atom. The summed E-state index contributed by atoms with van der Waals surface area (Å²) < 4.78 is 0. The van der Waals surface area contributed by atoms with Gasteiger partial charge in [-0.15, -0.1) is 0 Å². The van der Waals surface area contributed by atoms with Crippen molar-refractivity contribution in [1.82, 2.24) is 5.32 Å². The highest BCUT2D eigenvalue weighted by molar-refractivity contribution is 5.96. The van der Waals surface area contributed by atoms with E-state index >= 15 is 0 Å². The zero-order valence-corrected chi connectivity index (χ0v) is 13.1. The van der Waals surface area contributed by atoms with E-state index in [-0.39, 0.29) is 30.7 Å². The van der Waals surface area contributed by atoms with Crippen molar-refractivity contribution in [2.45, 2.75) is 33.6 Å². The van der Waals surface area contributed by atoms with Crippen LogP contribution in [0.2, 0.25) is 0 Å². The molecular weight excluding hydrogens is 284 g/mol. The normalized spacial score (nSPS) is 10.4. The van der Waals surface area contributed by atoms with E-state index in [2.05, 4.69) is 10.6 Å². The summed E-state index contributed by atoms with van der Waals surface area (Å²) >= 11 is 0. The van der Waals surface area contributed by atoms with Gasteiger partial charge in [-0.05, 0) is 36.6 Å². The Morgan fingerprint density at radius 1 is 1.23 bits per heavy atom. The molecule has 0 unspecified atom stereocenters. The van der Waals surface area contributed by atoms with Crippen molar-refractivity contribution in [2.24, 2.45) is 5.92 Å². The first-order valence-electron chi connectivity index (χ1n) is 7.20. The quantitative estimate of drug-likeness (QED) is 0.719. The molecule has 0 aliphatic rings. The number of rotatable bonds is 7. The van der Waals surface area contributed by atoms with Gasteiger partial charge >= 0.3 is 5.97 Å². The van der Waals surface area contributed by atoms with Crippen LogP contribution in [0.25, 0.3) is 0 Å². The number of amides is 2. The first-order valence-corrected chi connectivity index (χ1v) is 7.20. The van der Waals surface area contributed by atoms with Crippen LogP contribution in [0, 0.1) is 12.8 Å². The number of carboxylic acid groups (broad SMARTS) is 1. The van der Waals surface area contributed by atoms with Gasteiger partial charge in [-0.25, -0.2) is 0 Å². The maximum Gasteiger partial charge on any atom is 0.305 e. The standard InChI is InChI=1S/C16H22N2O4/c1-10(2)8-14(19)18-13-5-4-12(9-11(13)3)16(22)17-7-6-15(20)21/h4-5,9-10H,6-8H2,1-3H3,(H,17,22)(H,18,19)(H,20,21). The lowest BCUT2D eigenvalue weighted by Gasteiger charge is -2.11. The summed E-state index contributed by atoms with van der Waals surface area (Å²) in [5.74, 6) is -1.07. The van der Waals surface area contributed by atoms with Gasteiger partial charge in [0.1, 0.15) is 0 Å². The van der Waals surface area contributed by atoms with Gasteiger partial charge in [-0.1, -0.05) is 13.8 Å². The fraction of sp³-hybridized carbons (Fsp3) is 0.438. The lowest BCUT2D eigenvalue weighted by molar-refractivity contribution is -0.136. The Kier molecular flexibility index (Phi) is 6.56. The molecule has 0 heterocycles. The van der Waals surface area contributed by atoms with Crippen LogP contribution in [0.3, 0.4) is 0 Å².